The van der Waals surface area contributed by atoms with Gasteiger partial charge in [0.2, 0.25) is 0 Å². The fourth-order valence-electron chi connectivity index (χ4n) is 3.50. The van der Waals surface area contributed by atoms with Crippen LogP contribution in [-0.2, 0) is 29.9 Å². The predicted octanol–water partition coefficient (Wildman–Crippen LogP) is 1.71. The van der Waals surface area contributed by atoms with Crippen LogP contribution in [0.2, 0.25) is 0 Å². The molecule has 2 fully saturated rings. The molecule has 3 rings (SSSR count). The SMILES string of the molecule is CC1OC(C2(c3cc(NS(=O)(=O)N(C)C)ccc3O)CCCCC2=O)O1. The number of anilines is 1. The quantitative estimate of drug-likeness (QED) is 0.749. The lowest BCUT2D eigenvalue weighted by Gasteiger charge is -2.48. The molecule has 1 heterocycles. The molecule has 0 radical (unpaired) electrons. The van der Waals surface area contributed by atoms with E-state index in [0.717, 1.165) is 17.1 Å². The maximum atomic E-state index is 12.9. The zero-order valence-corrected chi connectivity index (χ0v) is 15.9. The second-order valence-corrected chi connectivity index (χ2v) is 8.78. The van der Waals surface area contributed by atoms with Gasteiger partial charge in [-0.2, -0.15) is 12.7 Å². The maximum Gasteiger partial charge on any atom is 0.301 e. The van der Waals surface area contributed by atoms with Crippen LogP contribution in [0.15, 0.2) is 18.2 Å². The summed E-state index contributed by atoms with van der Waals surface area (Å²) in [6.07, 6.45) is 1.21. The fourth-order valence-corrected chi connectivity index (χ4v) is 4.11. The number of nitrogens with one attached hydrogen (secondary N) is 1. The van der Waals surface area contributed by atoms with Crippen LogP contribution in [0.25, 0.3) is 0 Å². The summed E-state index contributed by atoms with van der Waals surface area (Å²) in [5.41, 5.74) is -0.538. The Balaban J connectivity index is 2.04. The van der Waals surface area contributed by atoms with Crippen molar-refractivity contribution in [1.82, 2.24) is 4.31 Å². The lowest BCUT2D eigenvalue weighted by atomic mass is 9.67. The van der Waals surface area contributed by atoms with Gasteiger partial charge >= 0.3 is 10.2 Å². The number of carbonyl (C=O) groups excluding carboxylic acids is 1. The van der Waals surface area contributed by atoms with Gasteiger partial charge in [0.15, 0.2) is 12.6 Å². The molecule has 0 amide bonds. The van der Waals surface area contributed by atoms with Crippen molar-refractivity contribution in [2.24, 2.45) is 0 Å². The zero-order chi connectivity index (χ0) is 19.1. The lowest BCUT2D eigenvalue weighted by Crippen LogP contribution is -2.58. The van der Waals surface area contributed by atoms with E-state index in [0.29, 0.717) is 18.4 Å². The Morgan fingerprint density at radius 2 is 1.96 bits per heavy atom. The third-order valence-electron chi connectivity index (χ3n) is 4.96. The Morgan fingerprint density at radius 3 is 2.54 bits per heavy atom. The van der Waals surface area contributed by atoms with E-state index in [2.05, 4.69) is 4.72 Å². The molecule has 1 saturated carbocycles. The number of phenolic OH excluding ortho intramolecular Hbond substituents is 1. The topological polar surface area (TPSA) is 105 Å². The van der Waals surface area contributed by atoms with Gasteiger partial charge in [0.1, 0.15) is 16.9 Å². The van der Waals surface area contributed by atoms with Crippen molar-refractivity contribution in [1.29, 1.82) is 0 Å². The number of nitrogens with zero attached hydrogens (tertiary/aromatic N) is 1. The van der Waals surface area contributed by atoms with Gasteiger partial charge in [-0.1, -0.05) is 6.42 Å². The molecular formula is C17H24N2O6S. The van der Waals surface area contributed by atoms with E-state index in [1.54, 1.807) is 6.92 Å². The Kier molecular flexibility index (Phi) is 5.00. The maximum absolute atomic E-state index is 12.9. The Labute approximate surface area is 153 Å². The van der Waals surface area contributed by atoms with Gasteiger partial charge < -0.3 is 14.6 Å². The third-order valence-corrected chi connectivity index (χ3v) is 6.42. The molecule has 1 aromatic rings. The van der Waals surface area contributed by atoms with E-state index in [-0.39, 0.29) is 17.2 Å². The first kappa shape index (κ1) is 19.1. The number of Topliss-reactive ketones (excluding diaryl/α,β-unsaturated/α-hetero) is 1. The fraction of sp³-hybridized carbons (Fsp3) is 0.588. The van der Waals surface area contributed by atoms with Crippen LogP contribution in [-0.4, -0.2) is 50.3 Å². The highest BCUT2D eigenvalue weighted by molar-refractivity contribution is 7.90. The second kappa shape index (κ2) is 6.80. The first-order valence-electron chi connectivity index (χ1n) is 8.55. The highest BCUT2D eigenvalue weighted by atomic mass is 32.2. The molecule has 1 atom stereocenters. The number of aromatic hydroxyl groups is 1. The monoisotopic (exact) mass is 384 g/mol. The molecular weight excluding hydrogens is 360 g/mol. The van der Waals surface area contributed by atoms with Crippen molar-refractivity contribution in [3.63, 3.8) is 0 Å². The number of ether oxygens (including phenoxy) is 2. The van der Waals surface area contributed by atoms with E-state index in [9.17, 15) is 18.3 Å². The van der Waals surface area contributed by atoms with Crippen LogP contribution in [0.3, 0.4) is 0 Å². The molecule has 1 aliphatic heterocycles. The van der Waals surface area contributed by atoms with Gasteiger partial charge in [-0.3, -0.25) is 9.52 Å². The molecule has 0 spiro atoms. The molecule has 8 nitrogen and oxygen atoms in total. The third kappa shape index (κ3) is 3.20. The summed E-state index contributed by atoms with van der Waals surface area (Å²) in [6, 6.07) is 4.33. The average Bonchev–Trinajstić information content (AvgIpc) is 2.54. The minimum atomic E-state index is -3.71. The van der Waals surface area contributed by atoms with Crippen molar-refractivity contribution in [3.8, 4) is 5.75 Å². The molecule has 1 unspecified atom stereocenters. The molecule has 2 aliphatic rings. The summed E-state index contributed by atoms with van der Waals surface area (Å²) >= 11 is 0. The average molecular weight is 384 g/mol. The van der Waals surface area contributed by atoms with Crippen LogP contribution in [0.1, 0.15) is 38.2 Å². The summed E-state index contributed by atoms with van der Waals surface area (Å²) in [5.74, 6) is -0.150. The van der Waals surface area contributed by atoms with Crippen molar-refractivity contribution >= 4 is 21.7 Å². The zero-order valence-electron chi connectivity index (χ0n) is 15.1. The highest BCUT2D eigenvalue weighted by Gasteiger charge is 2.55. The van der Waals surface area contributed by atoms with Crippen molar-refractivity contribution in [3.05, 3.63) is 23.8 Å². The van der Waals surface area contributed by atoms with Gasteiger partial charge in [-0.05, 0) is 38.0 Å². The van der Waals surface area contributed by atoms with Crippen LogP contribution in [0.5, 0.6) is 5.75 Å². The van der Waals surface area contributed by atoms with Gasteiger partial charge in [0.25, 0.3) is 0 Å². The smallest absolute Gasteiger partial charge is 0.301 e. The van der Waals surface area contributed by atoms with E-state index >= 15 is 0 Å². The number of ketones is 1. The van der Waals surface area contributed by atoms with Gasteiger partial charge in [-0.15, -0.1) is 0 Å². The van der Waals surface area contributed by atoms with Crippen LogP contribution >= 0.6 is 0 Å². The number of phenols is 1. The Bertz CT molecular complexity index is 803. The first-order chi connectivity index (χ1) is 12.2. The summed E-state index contributed by atoms with van der Waals surface area (Å²) < 4.78 is 38.9. The minimum Gasteiger partial charge on any atom is -0.508 e. The summed E-state index contributed by atoms with van der Waals surface area (Å²) in [6.45, 7) is 1.74. The van der Waals surface area contributed by atoms with Crippen LogP contribution in [0, 0.1) is 0 Å². The van der Waals surface area contributed by atoms with E-state index in [1.807, 2.05) is 0 Å². The molecule has 1 aliphatic carbocycles. The van der Waals surface area contributed by atoms with E-state index < -0.39 is 28.2 Å². The normalized spacial score (nSPS) is 29.5. The molecule has 0 bridgehead atoms. The van der Waals surface area contributed by atoms with Crippen molar-refractivity contribution in [2.75, 3.05) is 18.8 Å². The summed E-state index contributed by atoms with van der Waals surface area (Å²) in [5, 5.41) is 10.5. The molecule has 1 saturated heterocycles. The van der Waals surface area contributed by atoms with E-state index in [1.165, 1.54) is 32.3 Å². The predicted molar refractivity (Wildman–Crippen MR) is 94.9 cm³/mol. The van der Waals surface area contributed by atoms with Crippen molar-refractivity contribution < 1.29 is 27.8 Å². The molecule has 1 aromatic carbocycles. The number of benzene rings is 1. The standard InChI is InChI=1S/C17H24N2O6S/c1-11-24-16(25-11)17(9-5-4-6-15(17)21)13-10-12(7-8-14(13)20)18-26(22,23)19(2)3/h7-8,10-11,16,18,20H,4-6,9H2,1-3H3. The molecule has 26 heavy (non-hydrogen) atoms. The van der Waals surface area contributed by atoms with Crippen molar-refractivity contribution in [2.45, 2.75) is 50.6 Å². The molecule has 0 aromatic heterocycles. The summed E-state index contributed by atoms with van der Waals surface area (Å²) in [4.78, 5) is 12.9. The number of hydrogen-bond donors (Lipinski definition) is 2. The largest absolute Gasteiger partial charge is 0.508 e. The minimum absolute atomic E-state index is 0.0661. The van der Waals surface area contributed by atoms with Crippen LogP contribution in [0.4, 0.5) is 5.69 Å². The number of carbonyl (C=O) groups is 1. The molecule has 2 N–H and O–H groups in total. The Morgan fingerprint density at radius 1 is 1.27 bits per heavy atom. The van der Waals surface area contributed by atoms with Gasteiger partial charge in [0.05, 0.1) is 5.69 Å². The summed E-state index contributed by atoms with van der Waals surface area (Å²) in [7, 11) is -0.891. The van der Waals surface area contributed by atoms with Crippen LogP contribution < -0.4 is 4.72 Å². The first-order valence-corrected chi connectivity index (χ1v) is 9.99. The van der Waals surface area contributed by atoms with Gasteiger partial charge in [0, 0.05) is 26.1 Å². The highest BCUT2D eigenvalue weighted by Crippen LogP contribution is 2.48. The molecule has 144 valence electrons. The molecule has 9 heteroatoms. The number of hydrogen-bond acceptors (Lipinski definition) is 6. The van der Waals surface area contributed by atoms with Gasteiger partial charge in [-0.25, -0.2) is 0 Å². The number of rotatable bonds is 5. The Hall–Kier alpha value is -1.68. The second-order valence-electron chi connectivity index (χ2n) is 6.89. The lowest BCUT2D eigenvalue weighted by molar-refractivity contribution is -0.394. The van der Waals surface area contributed by atoms with E-state index in [4.69, 9.17) is 9.47 Å².